The molecule has 0 saturated heterocycles. The Balaban J connectivity index is 2.21. The van der Waals surface area contributed by atoms with Gasteiger partial charge in [0.1, 0.15) is 5.75 Å². The number of hydrogen-bond donors (Lipinski definition) is 2. The van der Waals surface area contributed by atoms with Crippen molar-refractivity contribution in [3.05, 3.63) is 47.7 Å². The van der Waals surface area contributed by atoms with Gasteiger partial charge in [0, 0.05) is 11.8 Å². The molecule has 1 aromatic carbocycles. The van der Waals surface area contributed by atoms with Crippen LogP contribution in [0.15, 0.2) is 36.5 Å². The van der Waals surface area contributed by atoms with Gasteiger partial charge in [-0.15, -0.1) is 0 Å². The summed E-state index contributed by atoms with van der Waals surface area (Å²) in [5.74, 6) is 0.875. The number of ether oxygens (including phenoxy) is 1. The van der Waals surface area contributed by atoms with Crippen molar-refractivity contribution >= 4 is 5.69 Å². The molecular formula is C16H20N2O2. The number of nitrogens with zero attached hydrogens (tertiary/aromatic N) is 1. The number of nitrogens with one attached hydrogen (secondary N) is 1. The number of aromatic nitrogens is 1. The predicted molar refractivity (Wildman–Crippen MR) is 80.3 cm³/mol. The number of aryl methyl sites for hydroxylation is 1. The van der Waals surface area contributed by atoms with Crippen molar-refractivity contribution in [1.29, 1.82) is 0 Å². The van der Waals surface area contributed by atoms with Crippen molar-refractivity contribution in [3.8, 4) is 11.6 Å². The Hall–Kier alpha value is -2.23. The van der Waals surface area contributed by atoms with Gasteiger partial charge in [-0.3, -0.25) is 0 Å². The van der Waals surface area contributed by atoms with Gasteiger partial charge < -0.3 is 15.2 Å². The van der Waals surface area contributed by atoms with Crippen molar-refractivity contribution in [2.75, 3.05) is 11.9 Å². The van der Waals surface area contributed by atoms with Crippen LogP contribution in [-0.4, -0.2) is 16.7 Å². The lowest BCUT2D eigenvalue weighted by Crippen LogP contribution is -2.09. The maximum absolute atomic E-state index is 10.0. The van der Waals surface area contributed by atoms with Gasteiger partial charge in [0.05, 0.1) is 18.3 Å². The third-order valence-electron chi connectivity index (χ3n) is 3.08. The van der Waals surface area contributed by atoms with Crippen LogP contribution in [0.25, 0.3) is 0 Å². The lowest BCUT2D eigenvalue weighted by Gasteiger charge is -2.18. The first kappa shape index (κ1) is 14.2. The summed E-state index contributed by atoms with van der Waals surface area (Å²) in [4.78, 5) is 4.20. The molecular weight excluding hydrogens is 252 g/mol. The second-order valence-electron chi connectivity index (χ2n) is 4.72. The largest absolute Gasteiger partial charge is 0.508 e. The van der Waals surface area contributed by atoms with Crippen molar-refractivity contribution in [3.63, 3.8) is 0 Å². The Kier molecular flexibility index (Phi) is 4.45. The molecule has 2 rings (SSSR count). The monoisotopic (exact) mass is 272 g/mol. The minimum absolute atomic E-state index is 0.0426. The van der Waals surface area contributed by atoms with E-state index in [4.69, 9.17) is 4.74 Å². The Labute approximate surface area is 119 Å². The quantitative estimate of drug-likeness (QED) is 0.872. The van der Waals surface area contributed by atoms with Gasteiger partial charge in [-0.1, -0.05) is 12.1 Å². The van der Waals surface area contributed by atoms with E-state index in [1.807, 2.05) is 45.0 Å². The molecule has 1 aromatic heterocycles. The number of benzene rings is 1. The van der Waals surface area contributed by atoms with Gasteiger partial charge in [-0.2, -0.15) is 0 Å². The molecule has 0 bridgehead atoms. The molecule has 1 atom stereocenters. The van der Waals surface area contributed by atoms with Crippen LogP contribution in [0.3, 0.4) is 0 Å². The van der Waals surface area contributed by atoms with E-state index in [-0.39, 0.29) is 6.04 Å². The van der Waals surface area contributed by atoms with E-state index < -0.39 is 0 Å². The smallest absolute Gasteiger partial charge is 0.237 e. The number of phenols is 1. The molecule has 0 saturated carbocycles. The van der Waals surface area contributed by atoms with E-state index in [0.717, 1.165) is 16.8 Å². The fraction of sp³-hybridized carbons (Fsp3) is 0.312. The summed E-state index contributed by atoms with van der Waals surface area (Å²) in [7, 11) is 0. The Morgan fingerprint density at radius 1 is 1.35 bits per heavy atom. The van der Waals surface area contributed by atoms with Crippen LogP contribution in [0.4, 0.5) is 5.69 Å². The highest BCUT2D eigenvalue weighted by Gasteiger charge is 2.13. The van der Waals surface area contributed by atoms with Gasteiger partial charge in [0.15, 0.2) is 0 Å². The molecule has 0 radical (unpaired) electrons. The van der Waals surface area contributed by atoms with E-state index in [2.05, 4.69) is 10.3 Å². The van der Waals surface area contributed by atoms with Crippen molar-refractivity contribution in [2.45, 2.75) is 26.8 Å². The first-order valence-corrected chi connectivity index (χ1v) is 6.75. The maximum atomic E-state index is 10.0. The standard InChI is InChI=1S/C16H20N2O2/c1-4-20-16-14(6-5-9-17-16)18-12(3)13-8-7-11(2)10-15(13)19/h5-10,12,18-19H,4H2,1-3H3. The number of pyridine rings is 1. The third-order valence-corrected chi connectivity index (χ3v) is 3.08. The maximum Gasteiger partial charge on any atom is 0.237 e. The van der Waals surface area contributed by atoms with Crippen molar-refractivity contribution in [2.24, 2.45) is 0 Å². The highest BCUT2D eigenvalue weighted by molar-refractivity contribution is 5.54. The van der Waals surface area contributed by atoms with Crippen LogP contribution in [0.1, 0.15) is 31.0 Å². The highest BCUT2D eigenvalue weighted by atomic mass is 16.5. The van der Waals surface area contributed by atoms with Gasteiger partial charge in [-0.25, -0.2) is 4.98 Å². The van der Waals surface area contributed by atoms with E-state index >= 15 is 0 Å². The van der Waals surface area contributed by atoms with Gasteiger partial charge in [0.2, 0.25) is 5.88 Å². The van der Waals surface area contributed by atoms with E-state index in [9.17, 15) is 5.11 Å². The first-order valence-electron chi connectivity index (χ1n) is 6.75. The number of anilines is 1. The molecule has 4 nitrogen and oxygen atoms in total. The van der Waals surface area contributed by atoms with Gasteiger partial charge in [0.25, 0.3) is 0 Å². The fourth-order valence-electron chi connectivity index (χ4n) is 2.08. The van der Waals surface area contributed by atoms with E-state index in [1.165, 1.54) is 0 Å². The SMILES string of the molecule is CCOc1ncccc1NC(C)c1ccc(C)cc1O. The molecule has 20 heavy (non-hydrogen) atoms. The van der Waals surface area contributed by atoms with E-state index in [1.54, 1.807) is 12.3 Å². The summed E-state index contributed by atoms with van der Waals surface area (Å²) in [5.41, 5.74) is 2.71. The highest BCUT2D eigenvalue weighted by Crippen LogP contribution is 2.30. The normalized spacial score (nSPS) is 11.9. The topological polar surface area (TPSA) is 54.4 Å². The third kappa shape index (κ3) is 3.20. The molecule has 106 valence electrons. The molecule has 2 N–H and O–H groups in total. The molecule has 2 aromatic rings. The summed E-state index contributed by atoms with van der Waals surface area (Å²) in [6.07, 6.45) is 1.70. The lowest BCUT2D eigenvalue weighted by atomic mass is 10.0. The zero-order valence-electron chi connectivity index (χ0n) is 12.1. The van der Waals surface area contributed by atoms with Crippen molar-refractivity contribution < 1.29 is 9.84 Å². The summed E-state index contributed by atoms with van der Waals surface area (Å²) in [5, 5.41) is 13.3. The summed E-state index contributed by atoms with van der Waals surface area (Å²) in [6.45, 7) is 6.44. The fourth-order valence-corrected chi connectivity index (χ4v) is 2.08. The van der Waals surface area contributed by atoms with Crippen LogP contribution in [0, 0.1) is 6.92 Å². The van der Waals surface area contributed by atoms with Crippen LogP contribution in [-0.2, 0) is 0 Å². The summed E-state index contributed by atoms with van der Waals surface area (Å²) >= 11 is 0. The lowest BCUT2D eigenvalue weighted by molar-refractivity contribution is 0.328. The minimum atomic E-state index is -0.0426. The molecule has 4 heteroatoms. The average molecular weight is 272 g/mol. The number of rotatable bonds is 5. The molecule has 0 amide bonds. The van der Waals surface area contributed by atoms with Crippen LogP contribution >= 0.6 is 0 Å². The molecule has 1 unspecified atom stereocenters. The Morgan fingerprint density at radius 2 is 2.15 bits per heavy atom. The summed E-state index contributed by atoms with van der Waals surface area (Å²) < 4.78 is 5.49. The van der Waals surface area contributed by atoms with Crippen molar-refractivity contribution in [1.82, 2.24) is 4.98 Å². The van der Waals surface area contributed by atoms with Gasteiger partial charge in [-0.05, 0) is 44.5 Å². The predicted octanol–water partition coefficient (Wildman–Crippen LogP) is 3.67. The number of phenolic OH excluding ortho intramolecular Hbond substituents is 1. The minimum Gasteiger partial charge on any atom is -0.508 e. The van der Waals surface area contributed by atoms with Gasteiger partial charge >= 0.3 is 0 Å². The average Bonchev–Trinajstić information content (AvgIpc) is 2.41. The molecule has 0 fully saturated rings. The Morgan fingerprint density at radius 3 is 2.85 bits per heavy atom. The van der Waals surface area contributed by atoms with E-state index in [0.29, 0.717) is 18.2 Å². The molecule has 1 heterocycles. The van der Waals surface area contributed by atoms with Crippen LogP contribution in [0.5, 0.6) is 11.6 Å². The number of hydrogen-bond acceptors (Lipinski definition) is 4. The Bertz CT molecular complexity index is 584. The molecule has 0 aliphatic rings. The molecule has 0 aliphatic carbocycles. The second-order valence-corrected chi connectivity index (χ2v) is 4.72. The number of aromatic hydroxyl groups is 1. The summed E-state index contributed by atoms with van der Waals surface area (Å²) in [6, 6.07) is 9.41. The first-order chi connectivity index (χ1) is 9.61. The second kappa shape index (κ2) is 6.28. The van der Waals surface area contributed by atoms with Crippen LogP contribution < -0.4 is 10.1 Å². The molecule has 0 aliphatic heterocycles. The zero-order valence-corrected chi connectivity index (χ0v) is 12.1. The van der Waals surface area contributed by atoms with Crippen LogP contribution in [0.2, 0.25) is 0 Å². The zero-order chi connectivity index (χ0) is 14.5. The molecule has 0 spiro atoms.